The predicted molar refractivity (Wildman–Crippen MR) is 132 cm³/mol. The van der Waals surface area contributed by atoms with Crippen LogP contribution in [0, 0.1) is 13.8 Å². The fraction of sp³-hybridized carbons (Fsp3) is 0.231. The fourth-order valence-corrected chi connectivity index (χ4v) is 4.22. The van der Waals surface area contributed by atoms with Gasteiger partial charge in [0.05, 0.1) is 17.9 Å². The Labute approximate surface area is 200 Å². The Morgan fingerprint density at radius 3 is 2.18 bits per heavy atom. The number of benzene rings is 3. The second-order valence-corrected chi connectivity index (χ2v) is 9.62. The minimum absolute atomic E-state index is 0.0292. The number of esters is 1. The number of ether oxygens (including phenoxy) is 1. The summed E-state index contributed by atoms with van der Waals surface area (Å²) >= 11 is 0. The molecule has 3 aromatic carbocycles. The molecule has 7 nitrogen and oxygen atoms in total. The van der Waals surface area contributed by atoms with E-state index in [-0.39, 0.29) is 30.3 Å². The van der Waals surface area contributed by atoms with Crippen molar-refractivity contribution in [1.29, 1.82) is 0 Å². The SMILES string of the molecule is Cc1ccc(NS(=O)(=O)c2ccc(NC(=O)CCC(=O)OCCc3ccccc3)cc2)cc1C. The fourth-order valence-electron chi connectivity index (χ4n) is 3.18. The summed E-state index contributed by atoms with van der Waals surface area (Å²) in [7, 11) is -3.76. The van der Waals surface area contributed by atoms with Crippen LogP contribution in [0.2, 0.25) is 0 Å². The Morgan fingerprint density at radius 2 is 1.50 bits per heavy atom. The highest BCUT2D eigenvalue weighted by molar-refractivity contribution is 7.92. The zero-order chi connectivity index (χ0) is 24.6. The third kappa shape index (κ3) is 7.45. The van der Waals surface area contributed by atoms with E-state index in [1.54, 1.807) is 12.1 Å². The molecule has 0 radical (unpaired) electrons. The van der Waals surface area contributed by atoms with Crippen molar-refractivity contribution in [2.75, 3.05) is 16.6 Å². The van der Waals surface area contributed by atoms with Crippen molar-refractivity contribution in [3.8, 4) is 0 Å². The second-order valence-electron chi connectivity index (χ2n) is 7.93. The molecule has 3 aromatic rings. The molecule has 2 N–H and O–H groups in total. The van der Waals surface area contributed by atoms with Gasteiger partial charge in [0.15, 0.2) is 0 Å². The molecule has 3 rings (SSSR count). The van der Waals surface area contributed by atoms with Crippen LogP contribution in [0.25, 0.3) is 0 Å². The molecule has 0 aliphatic rings. The molecule has 0 atom stereocenters. The van der Waals surface area contributed by atoms with E-state index in [0.29, 0.717) is 17.8 Å². The van der Waals surface area contributed by atoms with Gasteiger partial charge in [-0.3, -0.25) is 14.3 Å². The third-order valence-corrected chi connectivity index (χ3v) is 6.66. The highest BCUT2D eigenvalue weighted by Crippen LogP contribution is 2.20. The molecule has 0 saturated heterocycles. The summed E-state index contributed by atoms with van der Waals surface area (Å²) in [6.07, 6.45) is 0.554. The van der Waals surface area contributed by atoms with Crippen LogP contribution in [0.1, 0.15) is 29.5 Å². The molecule has 8 heteroatoms. The van der Waals surface area contributed by atoms with E-state index in [9.17, 15) is 18.0 Å². The lowest BCUT2D eigenvalue weighted by molar-refractivity contribution is -0.144. The number of nitrogens with one attached hydrogen (secondary N) is 2. The molecule has 0 bridgehead atoms. The molecule has 0 unspecified atom stereocenters. The lowest BCUT2D eigenvalue weighted by Gasteiger charge is -2.11. The molecule has 1 amide bonds. The first-order chi connectivity index (χ1) is 16.2. The van der Waals surface area contributed by atoms with Gasteiger partial charge in [0.1, 0.15) is 0 Å². The van der Waals surface area contributed by atoms with Crippen molar-refractivity contribution < 1.29 is 22.7 Å². The number of hydrogen-bond donors (Lipinski definition) is 2. The maximum absolute atomic E-state index is 12.6. The Balaban J connectivity index is 1.45. The first kappa shape index (κ1) is 25.0. The average Bonchev–Trinajstić information content (AvgIpc) is 2.81. The monoisotopic (exact) mass is 480 g/mol. The summed E-state index contributed by atoms with van der Waals surface area (Å²) in [5.41, 5.74) is 4.05. The van der Waals surface area contributed by atoms with E-state index in [2.05, 4.69) is 10.0 Å². The number of anilines is 2. The predicted octanol–water partition coefficient (Wildman–Crippen LogP) is 4.61. The molecule has 0 heterocycles. The maximum Gasteiger partial charge on any atom is 0.306 e. The lowest BCUT2D eigenvalue weighted by atomic mass is 10.1. The third-order valence-electron chi connectivity index (χ3n) is 5.26. The zero-order valence-electron chi connectivity index (χ0n) is 19.2. The Hall–Kier alpha value is -3.65. The minimum Gasteiger partial charge on any atom is -0.465 e. The van der Waals surface area contributed by atoms with Gasteiger partial charge in [-0.1, -0.05) is 36.4 Å². The molecule has 0 aliphatic heterocycles. The van der Waals surface area contributed by atoms with Crippen molar-refractivity contribution >= 4 is 33.3 Å². The smallest absolute Gasteiger partial charge is 0.306 e. The molecule has 0 spiro atoms. The summed E-state index contributed by atoms with van der Waals surface area (Å²) in [4.78, 5) is 24.1. The van der Waals surface area contributed by atoms with Gasteiger partial charge in [-0.25, -0.2) is 8.42 Å². The minimum atomic E-state index is -3.76. The summed E-state index contributed by atoms with van der Waals surface area (Å²) in [5, 5.41) is 2.66. The summed E-state index contributed by atoms with van der Waals surface area (Å²) in [6, 6.07) is 20.8. The molecule has 34 heavy (non-hydrogen) atoms. The molecular weight excluding hydrogens is 452 g/mol. The van der Waals surface area contributed by atoms with E-state index in [1.165, 1.54) is 24.3 Å². The number of carbonyl (C=O) groups is 2. The van der Waals surface area contributed by atoms with Crippen LogP contribution in [-0.4, -0.2) is 26.9 Å². The van der Waals surface area contributed by atoms with Crippen LogP contribution < -0.4 is 10.0 Å². The van der Waals surface area contributed by atoms with E-state index < -0.39 is 16.0 Å². The van der Waals surface area contributed by atoms with Crippen LogP contribution in [0.3, 0.4) is 0 Å². The summed E-state index contributed by atoms with van der Waals surface area (Å²) in [5.74, 6) is -0.797. The standard InChI is InChI=1S/C26H28N2O5S/c1-19-8-9-23(18-20(19)2)28-34(31,32)24-12-10-22(11-13-24)27-25(29)14-15-26(30)33-17-16-21-6-4-3-5-7-21/h3-13,18,28H,14-17H2,1-2H3,(H,27,29). The Kier molecular flexibility index (Phi) is 8.43. The van der Waals surface area contributed by atoms with Gasteiger partial charge in [-0.15, -0.1) is 0 Å². The van der Waals surface area contributed by atoms with Gasteiger partial charge in [0.25, 0.3) is 10.0 Å². The van der Waals surface area contributed by atoms with Crippen molar-refractivity contribution in [1.82, 2.24) is 0 Å². The van der Waals surface area contributed by atoms with E-state index >= 15 is 0 Å². The van der Waals surface area contributed by atoms with E-state index in [1.807, 2.05) is 50.2 Å². The molecular formula is C26H28N2O5S. The van der Waals surface area contributed by atoms with Gasteiger partial charge in [0, 0.05) is 24.2 Å². The number of amides is 1. The number of rotatable bonds is 10. The quantitative estimate of drug-likeness (QED) is 0.413. The van der Waals surface area contributed by atoms with Gasteiger partial charge in [-0.05, 0) is 66.9 Å². The van der Waals surface area contributed by atoms with Crippen molar-refractivity contribution in [2.45, 2.75) is 38.0 Å². The number of sulfonamides is 1. The highest BCUT2D eigenvalue weighted by Gasteiger charge is 2.15. The van der Waals surface area contributed by atoms with Crippen LogP contribution in [-0.2, 0) is 30.8 Å². The molecule has 0 aromatic heterocycles. The van der Waals surface area contributed by atoms with Crippen molar-refractivity contribution in [2.24, 2.45) is 0 Å². The lowest BCUT2D eigenvalue weighted by Crippen LogP contribution is -2.16. The van der Waals surface area contributed by atoms with Gasteiger partial charge in [-0.2, -0.15) is 0 Å². The van der Waals surface area contributed by atoms with Gasteiger partial charge < -0.3 is 10.1 Å². The van der Waals surface area contributed by atoms with Crippen molar-refractivity contribution in [3.05, 3.63) is 89.5 Å². The van der Waals surface area contributed by atoms with Gasteiger partial charge in [0.2, 0.25) is 5.91 Å². The highest BCUT2D eigenvalue weighted by atomic mass is 32.2. The van der Waals surface area contributed by atoms with E-state index in [0.717, 1.165) is 16.7 Å². The zero-order valence-corrected chi connectivity index (χ0v) is 20.0. The topological polar surface area (TPSA) is 102 Å². The average molecular weight is 481 g/mol. The first-order valence-corrected chi connectivity index (χ1v) is 12.4. The first-order valence-electron chi connectivity index (χ1n) is 10.9. The van der Waals surface area contributed by atoms with Gasteiger partial charge >= 0.3 is 5.97 Å². The van der Waals surface area contributed by atoms with E-state index in [4.69, 9.17) is 4.74 Å². The number of aryl methyl sites for hydroxylation is 2. The Morgan fingerprint density at radius 1 is 0.824 bits per heavy atom. The number of carbonyl (C=O) groups excluding carboxylic acids is 2. The van der Waals surface area contributed by atoms with Crippen LogP contribution in [0.15, 0.2) is 77.7 Å². The molecule has 0 fully saturated rings. The van der Waals surface area contributed by atoms with Crippen LogP contribution >= 0.6 is 0 Å². The largest absolute Gasteiger partial charge is 0.465 e. The molecule has 0 aliphatic carbocycles. The van der Waals surface area contributed by atoms with Crippen LogP contribution in [0.4, 0.5) is 11.4 Å². The normalized spacial score (nSPS) is 11.0. The Bertz CT molecular complexity index is 1240. The maximum atomic E-state index is 12.6. The molecule has 0 saturated carbocycles. The number of hydrogen-bond acceptors (Lipinski definition) is 5. The summed E-state index contributed by atoms with van der Waals surface area (Å²) < 4.78 is 33.0. The van der Waals surface area contributed by atoms with Crippen LogP contribution in [0.5, 0.6) is 0 Å². The summed E-state index contributed by atoms with van der Waals surface area (Å²) in [6.45, 7) is 4.13. The van der Waals surface area contributed by atoms with Crippen molar-refractivity contribution in [3.63, 3.8) is 0 Å². The molecule has 178 valence electrons. The second kappa shape index (κ2) is 11.5.